The van der Waals surface area contributed by atoms with Crippen LogP contribution in [0.5, 0.6) is 0 Å². The van der Waals surface area contributed by atoms with E-state index in [1.165, 1.54) is 5.41 Å². The smallest absolute Gasteiger partial charge is 0.232 e. The summed E-state index contributed by atoms with van der Waals surface area (Å²) in [6.45, 7) is 0.449. The maximum Gasteiger partial charge on any atom is 0.232 e. The maximum atomic E-state index is 10.8. The Labute approximate surface area is 52.5 Å². The summed E-state index contributed by atoms with van der Waals surface area (Å²) in [6.07, 6.45) is 1.58. The van der Waals surface area contributed by atoms with Gasteiger partial charge in [-0.3, -0.25) is 0 Å². The highest BCUT2D eigenvalue weighted by atomic mass is 32.2. The average molecular weight is 144 g/mol. The molecule has 3 nitrogen and oxygen atoms in total. The van der Waals surface area contributed by atoms with E-state index in [0.717, 1.165) is 5.57 Å². The molecule has 48 valence electrons. The van der Waals surface area contributed by atoms with Crippen molar-refractivity contribution in [2.24, 2.45) is 0 Å². The minimum absolute atomic E-state index is 0.155. The Morgan fingerprint density at radius 3 is 2.56 bits per heavy atom. The summed E-state index contributed by atoms with van der Waals surface area (Å²) < 4.78 is 26.2. The van der Waals surface area contributed by atoms with Crippen LogP contribution in [0.4, 0.5) is 0 Å². The molecule has 0 aromatic heterocycles. The van der Waals surface area contributed by atoms with Gasteiger partial charge in [-0.15, -0.1) is 0 Å². The predicted molar refractivity (Wildman–Crippen MR) is 31.0 cm³/mol. The summed E-state index contributed by atoms with van der Waals surface area (Å²) in [5, 5.41) is 1.33. The third kappa shape index (κ3) is 0.483. The van der Waals surface area contributed by atoms with Gasteiger partial charge in [0.25, 0.3) is 0 Å². The lowest BCUT2D eigenvalue weighted by Crippen LogP contribution is -2.14. The second kappa shape index (κ2) is 1.21. The van der Waals surface area contributed by atoms with E-state index in [0.29, 0.717) is 6.61 Å². The molecular formula is C5H4O3S. The summed E-state index contributed by atoms with van der Waals surface area (Å²) >= 11 is 0. The van der Waals surface area contributed by atoms with Crippen molar-refractivity contribution in [3.05, 3.63) is 22.1 Å². The van der Waals surface area contributed by atoms with Gasteiger partial charge in [0.1, 0.15) is 6.61 Å². The Bertz CT molecular complexity index is 307. The van der Waals surface area contributed by atoms with Crippen molar-refractivity contribution in [3.8, 4) is 0 Å². The first-order chi connectivity index (χ1) is 4.20. The molecule has 0 saturated heterocycles. The highest BCUT2D eigenvalue weighted by Crippen LogP contribution is 2.31. The van der Waals surface area contributed by atoms with E-state index in [9.17, 15) is 8.42 Å². The molecule has 2 heterocycles. The number of hydrogen-bond donors (Lipinski definition) is 0. The van der Waals surface area contributed by atoms with Gasteiger partial charge in [-0.25, -0.2) is 8.42 Å². The number of rotatable bonds is 0. The quantitative estimate of drug-likeness (QED) is 0.486. The van der Waals surface area contributed by atoms with Crippen LogP contribution >= 0.6 is 0 Å². The van der Waals surface area contributed by atoms with Crippen molar-refractivity contribution < 1.29 is 13.2 Å². The molecule has 0 fully saturated rings. The van der Waals surface area contributed by atoms with Gasteiger partial charge in [0.05, 0.1) is 0 Å². The molecule has 0 unspecified atom stereocenters. The van der Waals surface area contributed by atoms with Crippen LogP contribution in [0.15, 0.2) is 22.1 Å². The maximum absolute atomic E-state index is 10.8. The zero-order chi connectivity index (χ0) is 6.48. The lowest BCUT2D eigenvalue weighted by Gasteiger charge is -2.15. The Kier molecular flexibility index (Phi) is 0.679. The van der Waals surface area contributed by atoms with Gasteiger partial charge in [-0.05, 0) is 6.08 Å². The Hall–Kier alpha value is -0.770. The lowest BCUT2D eigenvalue weighted by molar-refractivity contribution is 0.213. The van der Waals surface area contributed by atoms with Crippen LogP contribution in [0, 0.1) is 0 Å². The molecule has 0 radical (unpaired) electrons. The normalized spacial score (nSPS) is 27.1. The monoisotopic (exact) mass is 144 g/mol. The lowest BCUT2D eigenvalue weighted by atomic mass is 10.3. The molecule has 0 bridgehead atoms. The average Bonchev–Trinajstić information content (AvgIpc) is 1.74. The zero-order valence-corrected chi connectivity index (χ0v) is 5.31. The van der Waals surface area contributed by atoms with Crippen LogP contribution < -0.4 is 0 Å². The molecule has 0 N–H and O–H groups in total. The Balaban J connectivity index is 2.70. The van der Waals surface area contributed by atoms with Gasteiger partial charge < -0.3 is 4.74 Å². The molecule has 2 rings (SSSR count). The minimum Gasteiger partial charge on any atom is -0.478 e. The van der Waals surface area contributed by atoms with E-state index >= 15 is 0 Å². The Morgan fingerprint density at radius 1 is 1.56 bits per heavy atom. The molecule has 0 aliphatic carbocycles. The van der Waals surface area contributed by atoms with E-state index in [4.69, 9.17) is 4.74 Å². The molecule has 0 saturated carbocycles. The van der Waals surface area contributed by atoms with Crippen LogP contribution in [-0.2, 0) is 14.6 Å². The first-order valence-corrected chi connectivity index (χ1v) is 4.04. The van der Waals surface area contributed by atoms with Crippen molar-refractivity contribution in [2.45, 2.75) is 0 Å². The molecule has 0 aromatic rings. The fourth-order valence-corrected chi connectivity index (χ4v) is 2.01. The third-order valence-corrected chi connectivity index (χ3v) is 2.72. The summed E-state index contributed by atoms with van der Waals surface area (Å²) in [4.78, 5) is 0. The first-order valence-electron chi connectivity index (χ1n) is 2.49. The van der Waals surface area contributed by atoms with Crippen molar-refractivity contribution in [3.63, 3.8) is 0 Å². The van der Waals surface area contributed by atoms with Gasteiger partial charge in [0.2, 0.25) is 14.9 Å². The van der Waals surface area contributed by atoms with Gasteiger partial charge in [-0.2, -0.15) is 0 Å². The van der Waals surface area contributed by atoms with Gasteiger partial charge >= 0.3 is 0 Å². The van der Waals surface area contributed by atoms with E-state index in [-0.39, 0.29) is 5.09 Å². The van der Waals surface area contributed by atoms with E-state index in [1.54, 1.807) is 6.08 Å². The van der Waals surface area contributed by atoms with Gasteiger partial charge in [0.15, 0.2) is 0 Å². The Morgan fingerprint density at radius 2 is 2.33 bits per heavy atom. The second-order valence-electron chi connectivity index (χ2n) is 1.95. The largest absolute Gasteiger partial charge is 0.478 e. The van der Waals surface area contributed by atoms with Crippen LogP contribution in [0.25, 0.3) is 0 Å². The van der Waals surface area contributed by atoms with Crippen molar-refractivity contribution in [2.75, 3.05) is 6.61 Å². The fourth-order valence-electron chi connectivity index (χ4n) is 0.829. The topological polar surface area (TPSA) is 43.4 Å². The van der Waals surface area contributed by atoms with Crippen LogP contribution in [-0.4, -0.2) is 15.0 Å². The molecule has 0 amide bonds. The molecule has 2 aliphatic rings. The summed E-state index contributed by atoms with van der Waals surface area (Å²) in [6, 6.07) is 0. The first kappa shape index (κ1) is 5.05. The highest BCUT2D eigenvalue weighted by molar-refractivity contribution is 7.98. The van der Waals surface area contributed by atoms with Gasteiger partial charge in [0, 0.05) is 11.0 Å². The molecular weight excluding hydrogens is 140 g/mol. The van der Waals surface area contributed by atoms with E-state index in [1.807, 2.05) is 0 Å². The fraction of sp³-hybridized carbons (Fsp3) is 0.200. The summed E-state index contributed by atoms with van der Waals surface area (Å²) in [5.41, 5.74) is 0.801. The SMILES string of the molecule is O=S1(=O)C=CC2=C1OC2. The second-order valence-corrected chi connectivity index (χ2v) is 3.68. The summed E-state index contributed by atoms with van der Waals surface area (Å²) in [7, 11) is -3.11. The van der Waals surface area contributed by atoms with Crippen LogP contribution in [0.3, 0.4) is 0 Å². The van der Waals surface area contributed by atoms with Gasteiger partial charge in [-0.1, -0.05) is 0 Å². The molecule has 0 spiro atoms. The summed E-state index contributed by atoms with van der Waals surface area (Å²) in [5.74, 6) is 0. The van der Waals surface area contributed by atoms with Crippen LogP contribution in [0.2, 0.25) is 0 Å². The van der Waals surface area contributed by atoms with Crippen molar-refractivity contribution >= 4 is 9.84 Å². The number of hydrogen-bond acceptors (Lipinski definition) is 3. The van der Waals surface area contributed by atoms with E-state index in [2.05, 4.69) is 0 Å². The highest BCUT2D eigenvalue weighted by Gasteiger charge is 2.32. The molecule has 0 aromatic carbocycles. The number of sulfone groups is 1. The zero-order valence-electron chi connectivity index (χ0n) is 4.49. The van der Waals surface area contributed by atoms with Crippen LogP contribution in [0.1, 0.15) is 0 Å². The standard InChI is InChI=1S/C5H4O3S/c6-9(7)2-1-4-3-8-5(4)9/h1-2H,3H2. The van der Waals surface area contributed by atoms with Crippen molar-refractivity contribution in [1.82, 2.24) is 0 Å². The minimum atomic E-state index is -3.11. The molecule has 4 heteroatoms. The van der Waals surface area contributed by atoms with E-state index < -0.39 is 9.84 Å². The molecule has 9 heavy (non-hydrogen) atoms. The third-order valence-electron chi connectivity index (χ3n) is 1.33. The number of ether oxygens (including phenoxy) is 1. The predicted octanol–water partition coefficient (Wildman–Crippen LogP) is 0.170. The van der Waals surface area contributed by atoms with Crippen molar-refractivity contribution in [1.29, 1.82) is 0 Å². The molecule has 0 atom stereocenters. The molecule has 2 aliphatic heterocycles.